The molecule has 0 aromatic rings. The van der Waals surface area contributed by atoms with Crippen LogP contribution in [0.5, 0.6) is 0 Å². The van der Waals surface area contributed by atoms with Gasteiger partial charge in [-0.2, -0.15) is 0 Å². The molecule has 4 aliphatic carbocycles. The molecular formula is C31H54O. The number of unbranched alkanes of at least 4 members (excludes halogenated alkanes) is 5. The molecule has 0 saturated heterocycles. The third kappa shape index (κ3) is 5.49. The van der Waals surface area contributed by atoms with Crippen molar-refractivity contribution in [2.24, 2.45) is 34.5 Å². The molecule has 0 heterocycles. The van der Waals surface area contributed by atoms with Crippen molar-refractivity contribution < 1.29 is 4.79 Å². The molecule has 32 heavy (non-hydrogen) atoms. The minimum Gasteiger partial charge on any atom is -0.298 e. The maximum absolute atomic E-state index is 13.6. The lowest BCUT2D eigenvalue weighted by atomic mass is 9.42. The molecule has 0 aliphatic heterocycles. The van der Waals surface area contributed by atoms with Crippen LogP contribution in [0.15, 0.2) is 0 Å². The Balaban J connectivity index is 1.16. The van der Waals surface area contributed by atoms with E-state index in [2.05, 4.69) is 13.8 Å². The van der Waals surface area contributed by atoms with Gasteiger partial charge in [0.05, 0.1) is 0 Å². The zero-order chi connectivity index (χ0) is 22.4. The minimum atomic E-state index is 0.141. The fourth-order valence-corrected chi connectivity index (χ4v) is 8.73. The summed E-state index contributed by atoms with van der Waals surface area (Å²) in [4.78, 5) is 13.6. The molecule has 0 radical (unpaired) electrons. The number of hydrogen-bond acceptors (Lipinski definition) is 1. The minimum absolute atomic E-state index is 0.141. The molecule has 0 atom stereocenters. The van der Waals surface area contributed by atoms with Gasteiger partial charge in [-0.15, -0.1) is 0 Å². The van der Waals surface area contributed by atoms with Gasteiger partial charge in [0.2, 0.25) is 0 Å². The second-order valence-electron chi connectivity index (χ2n) is 13.0. The molecule has 184 valence electrons. The van der Waals surface area contributed by atoms with Crippen molar-refractivity contribution in [3.63, 3.8) is 0 Å². The van der Waals surface area contributed by atoms with Crippen molar-refractivity contribution in [1.29, 1.82) is 0 Å². The maximum atomic E-state index is 13.6. The van der Waals surface area contributed by atoms with Gasteiger partial charge in [-0.05, 0) is 94.3 Å². The Morgan fingerprint density at radius 3 is 1.69 bits per heavy atom. The number of rotatable bonds is 10. The second-order valence-corrected chi connectivity index (χ2v) is 13.0. The van der Waals surface area contributed by atoms with E-state index in [1.54, 1.807) is 0 Å². The smallest absolute Gasteiger partial charge is 0.145 e. The Kier molecular flexibility index (Phi) is 8.83. The van der Waals surface area contributed by atoms with Crippen molar-refractivity contribution in [3.05, 3.63) is 0 Å². The number of ketones is 1. The van der Waals surface area contributed by atoms with Crippen LogP contribution in [0, 0.1) is 34.5 Å². The molecule has 0 aromatic heterocycles. The quantitative estimate of drug-likeness (QED) is 0.308. The summed E-state index contributed by atoms with van der Waals surface area (Å²) in [6, 6.07) is 0. The van der Waals surface area contributed by atoms with E-state index >= 15 is 0 Å². The molecule has 0 amide bonds. The largest absolute Gasteiger partial charge is 0.298 e. The summed E-state index contributed by atoms with van der Waals surface area (Å²) in [5.41, 5.74) is 0.282. The van der Waals surface area contributed by atoms with Crippen molar-refractivity contribution >= 4 is 5.78 Å². The summed E-state index contributed by atoms with van der Waals surface area (Å²) < 4.78 is 0. The molecule has 4 saturated carbocycles. The van der Waals surface area contributed by atoms with E-state index in [0.717, 1.165) is 29.5 Å². The summed E-state index contributed by atoms with van der Waals surface area (Å²) in [5.74, 6) is 4.63. The Labute approximate surface area is 200 Å². The van der Waals surface area contributed by atoms with Crippen LogP contribution in [0.3, 0.4) is 0 Å². The van der Waals surface area contributed by atoms with Crippen molar-refractivity contribution in [3.8, 4) is 0 Å². The average Bonchev–Trinajstić information content (AvgIpc) is 2.84. The second kappa shape index (κ2) is 11.4. The first-order chi connectivity index (χ1) is 15.6. The Bertz CT molecular complexity index is 567. The van der Waals surface area contributed by atoms with Crippen LogP contribution in [0.25, 0.3) is 0 Å². The fourth-order valence-electron chi connectivity index (χ4n) is 8.73. The predicted octanol–water partition coefficient (Wildman–Crippen LogP) is 9.67. The fraction of sp³-hybridized carbons (Fsp3) is 0.968. The first kappa shape index (κ1) is 24.8. The topological polar surface area (TPSA) is 17.1 Å². The van der Waals surface area contributed by atoms with Gasteiger partial charge in [-0.3, -0.25) is 4.79 Å². The summed E-state index contributed by atoms with van der Waals surface area (Å²) in [7, 11) is 0. The Hall–Kier alpha value is -0.330. The first-order valence-corrected chi connectivity index (χ1v) is 15.2. The molecule has 2 spiro atoms. The zero-order valence-corrected chi connectivity index (χ0v) is 21.8. The van der Waals surface area contributed by atoms with Crippen LogP contribution in [0.1, 0.15) is 155 Å². The lowest BCUT2D eigenvalue weighted by Gasteiger charge is -2.59. The van der Waals surface area contributed by atoms with E-state index in [1.165, 1.54) is 141 Å². The van der Waals surface area contributed by atoms with Gasteiger partial charge < -0.3 is 0 Å². The van der Waals surface area contributed by atoms with Crippen LogP contribution in [0.4, 0.5) is 0 Å². The Morgan fingerprint density at radius 2 is 1.09 bits per heavy atom. The van der Waals surface area contributed by atoms with Gasteiger partial charge in [0.1, 0.15) is 5.78 Å². The van der Waals surface area contributed by atoms with Gasteiger partial charge in [0, 0.05) is 10.8 Å². The third-order valence-corrected chi connectivity index (χ3v) is 10.9. The highest BCUT2D eigenvalue weighted by atomic mass is 16.1. The van der Waals surface area contributed by atoms with Gasteiger partial charge in [-0.1, -0.05) is 84.5 Å². The molecule has 4 fully saturated rings. The molecule has 0 unspecified atom stereocenters. The highest BCUT2D eigenvalue weighted by molar-refractivity contribution is 5.96. The number of hydrogen-bond donors (Lipinski definition) is 0. The van der Waals surface area contributed by atoms with Crippen LogP contribution >= 0.6 is 0 Å². The highest BCUT2D eigenvalue weighted by Crippen LogP contribution is 2.64. The van der Waals surface area contributed by atoms with Gasteiger partial charge in [-0.25, -0.2) is 0 Å². The highest BCUT2D eigenvalue weighted by Gasteiger charge is 2.63. The van der Waals surface area contributed by atoms with E-state index in [-0.39, 0.29) is 10.8 Å². The average molecular weight is 443 g/mol. The van der Waals surface area contributed by atoms with E-state index in [9.17, 15) is 4.79 Å². The molecule has 4 rings (SSSR count). The molecule has 0 aromatic carbocycles. The van der Waals surface area contributed by atoms with Crippen molar-refractivity contribution in [2.75, 3.05) is 0 Å². The molecule has 0 bridgehead atoms. The zero-order valence-electron chi connectivity index (χ0n) is 21.8. The molecule has 0 N–H and O–H groups in total. The SMILES string of the molecule is CCCCCCCC1CC[C@]2(CC1)C[C@@]1(CC[C@H](C3CCC(CCCC)CC3)CC1)C2=O. The van der Waals surface area contributed by atoms with Gasteiger partial charge >= 0.3 is 0 Å². The van der Waals surface area contributed by atoms with E-state index in [1.807, 2.05) is 0 Å². The number of Topliss-reactive ketones (excluding diaryl/α,β-unsaturated/α-hetero) is 1. The molecular weight excluding hydrogens is 388 g/mol. The normalized spacial score (nSPS) is 40.0. The van der Waals surface area contributed by atoms with Crippen LogP contribution in [-0.2, 0) is 4.79 Å². The maximum Gasteiger partial charge on any atom is 0.145 e. The third-order valence-electron chi connectivity index (χ3n) is 10.9. The lowest BCUT2D eigenvalue weighted by molar-refractivity contribution is -0.169. The van der Waals surface area contributed by atoms with E-state index in [4.69, 9.17) is 0 Å². The summed E-state index contributed by atoms with van der Waals surface area (Å²) >= 11 is 0. The molecule has 1 heteroatoms. The molecule has 1 nitrogen and oxygen atoms in total. The van der Waals surface area contributed by atoms with Gasteiger partial charge in [0.15, 0.2) is 0 Å². The molecule has 4 aliphatic rings. The number of carbonyl (C=O) groups is 1. The van der Waals surface area contributed by atoms with Crippen molar-refractivity contribution in [2.45, 2.75) is 155 Å². The lowest BCUT2D eigenvalue weighted by Crippen LogP contribution is -2.59. The summed E-state index contributed by atoms with van der Waals surface area (Å²) in [6.07, 6.45) is 30.4. The Morgan fingerprint density at radius 1 is 0.594 bits per heavy atom. The van der Waals surface area contributed by atoms with Crippen molar-refractivity contribution in [1.82, 2.24) is 0 Å². The summed E-state index contributed by atoms with van der Waals surface area (Å²) in [5, 5.41) is 0. The first-order valence-electron chi connectivity index (χ1n) is 15.2. The van der Waals surface area contributed by atoms with E-state index < -0.39 is 0 Å². The number of carbonyl (C=O) groups excluding carboxylic acids is 1. The van der Waals surface area contributed by atoms with Crippen LogP contribution in [-0.4, -0.2) is 5.78 Å². The summed E-state index contributed by atoms with van der Waals surface area (Å²) in [6.45, 7) is 4.63. The standard InChI is InChI=1S/C31H54O/c1-3-5-7-8-9-11-26-16-20-30(21-17-26)24-31(29(30)32)22-18-28(19-23-31)27-14-12-25(13-15-27)10-6-4-2/h25-28H,3-24H2,1-2H3/t25?,26?,27?,28-,30-,31-. The van der Waals surface area contributed by atoms with Crippen LogP contribution in [0.2, 0.25) is 0 Å². The van der Waals surface area contributed by atoms with Gasteiger partial charge in [0.25, 0.3) is 0 Å². The van der Waals surface area contributed by atoms with Crippen LogP contribution < -0.4 is 0 Å². The van der Waals surface area contributed by atoms with E-state index in [0.29, 0.717) is 0 Å². The predicted molar refractivity (Wildman–Crippen MR) is 137 cm³/mol. The monoisotopic (exact) mass is 442 g/mol.